The van der Waals surface area contributed by atoms with E-state index < -0.39 is 5.54 Å². The summed E-state index contributed by atoms with van der Waals surface area (Å²) in [6, 6.07) is 0. The molecule has 3 N–H and O–H groups in total. The molecule has 2 rings (SSSR count). The van der Waals surface area contributed by atoms with Crippen molar-refractivity contribution in [2.75, 3.05) is 5.32 Å². The number of carbonyl (C=O) groups excluding carboxylic acids is 1. The third-order valence-corrected chi connectivity index (χ3v) is 5.16. The van der Waals surface area contributed by atoms with E-state index in [2.05, 4.69) is 17.2 Å². The standard InChI is InChI=1S/C15H25N3OS/c1-4-8-15(3,16)13(19)18-14-17-11-7-6-10(5-2)9-12(11)20-14/h10H,4-9,16H2,1-3H3,(H,17,18,19). The number of rotatable bonds is 5. The van der Waals surface area contributed by atoms with Crippen molar-refractivity contribution in [3.8, 4) is 0 Å². The highest BCUT2D eigenvalue weighted by atomic mass is 32.1. The maximum atomic E-state index is 12.2. The Hall–Kier alpha value is -0.940. The van der Waals surface area contributed by atoms with E-state index in [-0.39, 0.29) is 5.91 Å². The lowest BCUT2D eigenvalue weighted by Crippen LogP contribution is -2.48. The van der Waals surface area contributed by atoms with Crippen molar-refractivity contribution in [3.05, 3.63) is 10.6 Å². The Kier molecular flexibility index (Phi) is 4.81. The first kappa shape index (κ1) is 15.4. The van der Waals surface area contributed by atoms with Crippen LogP contribution in [0, 0.1) is 5.92 Å². The first-order valence-corrected chi connectivity index (χ1v) is 8.36. The van der Waals surface area contributed by atoms with Crippen LogP contribution in [0.5, 0.6) is 0 Å². The molecule has 5 heteroatoms. The van der Waals surface area contributed by atoms with Crippen LogP contribution in [0.3, 0.4) is 0 Å². The molecular weight excluding hydrogens is 270 g/mol. The van der Waals surface area contributed by atoms with Gasteiger partial charge in [-0.05, 0) is 38.5 Å². The number of nitrogens with one attached hydrogen (secondary N) is 1. The zero-order valence-corrected chi connectivity index (χ0v) is 13.5. The van der Waals surface area contributed by atoms with Gasteiger partial charge in [-0.1, -0.05) is 26.7 Å². The molecule has 0 aromatic carbocycles. The Morgan fingerprint density at radius 3 is 2.95 bits per heavy atom. The normalized spacial score (nSPS) is 21.1. The van der Waals surface area contributed by atoms with Gasteiger partial charge in [0.2, 0.25) is 5.91 Å². The Morgan fingerprint density at radius 1 is 1.55 bits per heavy atom. The first-order valence-electron chi connectivity index (χ1n) is 7.55. The molecule has 112 valence electrons. The zero-order valence-electron chi connectivity index (χ0n) is 12.7. The number of aromatic nitrogens is 1. The maximum Gasteiger partial charge on any atom is 0.245 e. The van der Waals surface area contributed by atoms with Crippen LogP contribution in [-0.4, -0.2) is 16.4 Å². The van der Waals surface area contributed by atoms with Crippen LogP contribution in [0.2, 0.25) is 0 Å². The second-order valence-electron chi connectivity index (χ2n) is 6.03. The largest absolute Gasteiger partial charge is 0.318 e. The summed E-state index contributed by atoms with van der Waals surface area (Å²) in [7, 11) is 0. The molecule has 0 saturated heterocycles. The van der Waals surface area contributed by atoms with Crippen molar-refractivity contribution in [2.45, 2.75) is 64.8 Å². The zero-order chi connectivity index (χ0) is 14.8. The molecule has 0 aliphatic heterocycles. The van der Waals surface area contributed by atoms with Crippen LogP contribution >= 0.6 is 11.3 Å². The van der Waals surface area contributed by atoms with E-state index in [1.165, 1.54) is 23.4 Å². The van der Waals surface area contributed by atoms with Crippen LogP contribution in [0.25, 0.3) is 0 Å². The minimum atomic E-state index is -0.813. The minimum Gasteiger partial charge on any atom is -0.318 e. The molecule has 4 nitrogen and oxygen atoms in total. The SMILES string of the molecule is CCCC(C)(N)C(=O)Nc1nc2c(s1)CC(CC)CC2. The fourth-order valence-electron chi connectivity index (χ4n) is 2.72. The van der Waals surface area contributed by atoms with Gasteiger partial charge in [0.15, 0.2) is 5.13 Å². The second-order valence-corrected chi connectivity index (χ2v) is 7.11. The maximum absolute atomic E-state index is 12.2. The fourth-order valence-corrected chi connectivity index (χ4v) is 3.84. The van der Waals surface area contributed by atoms with E-state index in [4.69, 9.17) is 5.73 Å². The van der Waals surface area contributed by atoms with Gasteiger partial charge >= 0.3 is 0 Å². The van der Waals surface area contributed by atoms with E-state index in [9.17, 15) is 4.79 Å². The van der Waals surface area contributed by atoms with E-state index in [0.717, 1.165) is 25.2 Å². The van der Waals surface area contributed by atoms with E-state index in [0.29, 0.717) is 11.6 Å². The Labute approximate surface area is 125 Å². The number of thiazole rings is 1. The highest BCUT2D eigenvalue weighted by Crippen LogP contribution is 2.33. The number of nitrogens with two attached hydrogens (primary N) is 1. The summed E-state index contributed by atoms with van der Waals surface area (Å²) in [5, 5.41) is 3.61. The first-order chi connectivity index (χ1) is 9.46. The summed E-state index contributed by atoms with van der Waals surface area (Å²) in [4.78, 5) is 18.1. The van der Waals surface area contributed by atoms with Gasteiger partial charge in [-0.3, -0.25) is 4.79 Å². The van der Waals surface area contributed by atoms with E-state index in [1.54, 1.807) is 18.3 Å². The number of nitrogens with zero attached hydrogens (tertiary/aromatic N) is 1. The highest BCUT2D eigenvalue weighted by Gasteiger charge is 2.29. The molecule has 1 amide bonds. The van der Waals surface area contributed by atoms with Crippen LogP contribution in [0.4, 0.5) is 5.13 Å². The smallest absolute Gasteiger partial charge is 0.245 e. The van der Waals surface area contributed by atoms with Crippen LogP contribution in [0.1, 0.15) is 57.0 Å². The second kappa shape index (κ2) is 6.22. The van der Waals surface area contributed by atoms with Gasteiger partial charge in [-0.25, -0.2) is 4.98 Å². The average Bonchev–Trinajstić information content (AvgIpc) is 2.79. The third kappa shape index (κ3) is 3.38. The van der Waals surface area contributed by atoms with Crippen molar-refractivity contribution in [3.63, 3.8) is 0 Å². The quantitative estimate of drug-likeness (QED) is 0.877. The monoisotopic (exact) mass is 295 g/mol. The van der Waals surface area contributed by atoms with Gasteiger partial charge in [0, 0.05) is 4.88 Å². The van der Waals surface area contributed by atoms with Crippen LogP contribution in [0.15, 0.2) is 0 Å². The van der Waals surface area contributed by atoms with Crippen molar-refractivity contribution >= 4 is 22.4 Å². The lowest BCUT2D eigenvalue weighted by Gasteiger charge is -2.21. The summed E-state index contributed by atoms with van der Waals surface area (Å²) >= 11 is 1.62. The minimum absolute atomic E-state index is 0.127. The van der Waals surface area contributed by atoms with Crippen LogP contribution < -0.4 is 11.1 Å². The number of carbonyl (C=O) groups is 1. The molecule has 2 unspecified atom stereocenters. The molecule has 0 saturated carbocycles. The summed E-state index contributed by atoms with van der Waals surface area (Å²) < 4.78 is 0. The highest BCUT2D eigenvalue weighted by molar-refractivity contribution is 7.15. The Bertz CT molecular complexity index is 481. The molecule has 1 aliphatic rings. The predicted octanol–water partition coefficient (Wildman–Crippen LogP) is 3.11. The van der Waals surface area contributed by atoms with Crippen molar-refractivity contribution in [1.29, 1.82) is 0 Å². The Balaban J connectivity index is 2.05. The van der Waals surface area contributed by atoms with Crippen molar-refractivity contribution < 1.29 is 4.79 Å². The predicted molar refractivity (Wildman–Crippen MR) is 84.1 cm³/mol. The van der Waals surface area contributed by atoms with E-state index >= 15 is 0 Å². The number of fused-ring (bicyclic) bond motifs is 1. The molecule has 0 radical (unpaired) electrons. The van der Waals surface area contributed by atoms with Crippen LogP contribution in [-0.2, 0) is 17.6 Å². The molecule has 1 aromatic rings. The number of hydrogen-bond donors (Lipinski definition) is 2. The number of hydrogen-bond acceptors (Lipinski definition) is 4. The lowest BCUT2D eigenvalue weighted by atomic mass is 9.89. The molecule has 0 fully saturated rings. The summed E-state index contributed by atoms with van der Waals surface area (Å²) in [6.07, 6.45) is 6.15. The molecule has 1 aromatic heterocycles. The molecule has 20 heavy (non-hydrogen) atoms. The average molecular weight is 295 g/mol. The molecule has 0 spiro atoms. The molecule has 0 bridgehead atoms. The molecule has 2 atom stereocenters. The molecule has 1 aliphatic carbocycles. The van der Waals surface area contributed by atoms with Crippen molar-refractivity contribution in [2.24, 2.45) is 11.7 Å². The number of aryl methyl sites for hydroxylation is 1. The summed E-state index contributed by atoms with van der Waals surface area (Å²) in [5.41, 5.74) is 6.41. The Morgan fingerprint density at radius 2 is 2.30 bits per heavy atom. The topological polar surface area (TPSA) is 68.0 Å². The summed E-state index contributed by atoms with van der Waals surface area (Å²) in [6.45, 7) is 6.06. The van der Waals surface area contributed by atoms with Crippen molar-refractivity contribution in [1.82, 2.24) is 4.98 Å². The fraction of sp³-hybridized carbons (Fsp3) is 0.733. The molecule has 1 heterocycles. The van der Waals surface area contributed by atoms with Gasteiger partial charge in [-0.2, -0.15) is 0 Å². The van der Waals surface area contributed by atoms with Gasteiger partial charge in [-0.15, -0.1) is 11.3 Å². The lowest BCUT2D eigenvalue weighted by molar-refractivity contribution is -0.120. The summed E-state index contributed by atoms with van der Waals surface area (Å²) in [5.74, 6) is 0.642. The molecular formula is C15H25N3OS. The number of amides is 1. The van der Waals surface area contributed by atoms with Gasteiger partial charge in [0.05, 0.1) is 11.2 Å². The van der Waals surface area contributed by atoms with Gasteiger partial charge in [0.1, 0.15) is 0 Å². The third-order valence-electron chi connectivity index (χ3n) is 4.13. The number of anilines is 1. The van der Waals surface area contributed by atoms with E-state index in [1.807, 2.05) is 6.92 Å². The van der Waals surface area contributed by atoms with Gasteiger partial charge in [0.25, 0.3) is 0 Å². The van der Waals surface area contributed by atoms with Gasteiger partial charge < -0.3 is 11.1 Å².